The second kappa shape index (κ2) is 9.86. The molecule has 1 aliphatic rings. The minimum Gasteiger partial charge on any atom is -0.370 e. The molecule has 0 amide bonds. The molecule has 1 aromatic heterocycles. The molecule has 0 radical (unpaired) electrons. The molecule has 1 atom stereocenters. The van der Waals surface area contributed by atoms with Crippen molar-refractivity contribution < 1.29 is 0 Å². The molecule has 2 heterocycles. The Morgan fingerprint density at radius 2 is 2.38 bits per heavy atom. The lowest BCUT2D eigenvalue weighted by molar-refractivity contribution is 0.273. The van der Waals surface area contributed by atoms with Gasteiger partial charge in [0.25, 0.3) is 0 Å². The molecule has 1 saturated heterocycles. The fraction of sp³-hybridized carbons (Fsp3) is 0.643. The fourth-order valence-electron chi connectivity index (χ4n) is 2.58. The van der Waals surface area contributed by atoms with Gasteiger partial charge in [0.2, 0.25) is 0 Å². The van der Waals surface area contributed by atoms with E-state index in [-0.39, 0.29) is 24.0 Å². The third-order valence-corrected chi connectivity index (χ3v) is 4.97. The van der Waals surface area contributed by atoms with E-state index in [2.05, 4.69) is 28.2 Å². The maximum atomic E-state index is 5.91. The van der Waals surface area contributed by atoms with Gasteiger partial charge < -0.3 is 11.1 Å². The molecule has 1 aromatic rings. The van der Waals surface area contributed by atoms with Gasteiger partial charge in [0.15, 0.2) is 5.96 Å². The van der Waals surface area contributed by atoms with Crippen LogP contribution in [0.1, 0.15) is 24.6 Å². The smallest absolute Gasteiger partial charge is 0.188 e. The molecule has 0 aromatic carbocycles. The maximum absolute atomic E-state index is 5.91. The zero-order valence-electron chi connectivity index (χ0n) is 12.3. The number of nitrogens with zero attached hydrogens (tertiary/aromatic N) is 2. The van der Waals surface area contributed by atoms with Crippen LogP contribution >= 0.6 is 46.9 Å². The number of hydrogen-bond donors (Lipinski definition) is 2. The second-order valence-corrected chi connectivity index (χ2v) is 6.83. The van der Waals surface area contributed by atoms with E-state index in [1.54, 1.807) is 11.3 Å². The van der Waals surface area contributed by atoms with Crippen LogP contribution < -0.4 is 11.1 Å². The van der Waals surface area contributed by atoms with E-state index in [1.807, 2.05) is 6.07 Å². The molecule has 1 unspecified atom stereocenters. The summed E-state index contributed by atoms with van der Waals surface area (Å²) in [6.45, 7) is 6.11. The maximum Gasteiger partial charge on any atom is 0.188 e. The van der Waals surface area contributed by atoms with Gasteiger partial charge in [-0.1, -0.05) is 18.5 Å². The topological polar surface area (TPSA) is 53.6 Å². The van der Waals surface area contributed by atoms with Gasteiger partial charge in [0, 0.05) is 17.5 Å². The zero-order valence-corrected chi connectivity index (χ0v) is 16.3. The molecule has 0 spiro atoms. The lowest BCUT2D eigenvalue weighted by Gasteiger charge is -2.20. The number of rotatable bonds is 6. The third kappa shape index (κ3) is 6.30. The van der Waals surface area contributed by atoms with Gasteiger partial charge in [0.1, 0.15) is 0 Å². The summed E-state index contributed by atoms with van der Waals surface area (Å²) in [7, 11) is 0. The number of nitrogens with one attached hydrogen (secondary N) is 1. The quantitative estimate of drug-likeness (QED) is 0.405. The predicted molar refractivity (Wildman–Crippen MR) is 103 cm³/mol. The first-order chi connectivity index (χ1) is 9.69. The summed E-state index contributed by atoms with van der Waals surface area (Å²) in [6.07, 6.45) is 3.44. The molecule has 120 valence electrons. The molecule has 21 heavy (non-hydrogen) atoms. The van der Waals surface area contributed by atoms with E-state index in [4.69, 9.17) is 17.3 Å². The molecule has 0 saturated carbocycles. The monoisotopic (exact) mass is 442 g/mol. The van der Waals surface area contributed by atoms with Crippen molar-refractivity contribution in [2.24, 2.45) is 10.7 Å². The number of thiophene rings is 1. The molecular weight excluding hydrogens is 419 g/mol. The highest BCUT2D eigenvalue weighted by molar-refractivity contribution is 14.0. The Labute approximate surface area is 153 Å². The molecule has 4 nitrogen and oxygen atoms in total. The first kappa shape index (κ1) is 19.0. The van der Waals surface area contributed by atoms with Gasteiger partial charge in [-0.15, -0.1) is 35.3 Å². The van der Waals surface area contributed by atoms with Crippen LogP contribution in [0.25, 0.3) is 0 Å². The highest BCUT2D eigenvalue weighted by atomic mass is 127. The van der Waals surface area contributed by atoms with Crippen molar-refractivity contribution >= 4 is 52.9 Å². The zero-order chi connectivity index (χ0) is 14.4. The van der Waals surface area contributed by atoms with Gasteiger partial charge >= 0.3 is 0 Å². The molecular formula is C14H24ClIN4S. The minimum atomic E-state index is 0. The van der Waals surface area contributed by atoms with Gasteiger partial charge in [-0.25, -0.2) is 0 Å². The van der Waals surface area contributed by atoms with Crippen LogP contribution in [0.15, 0.2) is 17.1 Å². The molecule has 2 rings (SSSR count). The van der Waals surface area contributed by atoms with Crippen LogP contribution in [-0.4, -0.2) is 43.1 Å². The summed E-state index contributed by atoms with van der Waals surface area (Å²) in [5.74, 6) is 0.551. The number of hydrogen-bond acceptors (Lipinski definition) is 3. The van der Waals surface area contributed by atoms with E-state index in [1.165, 1.54) is 24.3 Å². The molecule has 0 bridgehead atoms. The van der Waals surface area contributed by atoms with Crippen LogP contribution in [0.4, 0.5) is 0 Å². The SMILES string of the molecule is CCN1CCCC1CN=C(N)NCCc1ccc(Cl)s1.I. The molecule has 3 N–H and O–H groups in total. The highest BCUT2D eigenvalue weighted by Gasteiger charge is 2.22. The van der Waals surface area contributed by atoms with Crippen molar-refractivity contribution in [2.75, 3.05) is 26.2 Å². The summed E-state index contributed by atoms with van der Waals surface area (Å²) in [4.78, 5) is 8.20. The number of aliphatic imine (C=N–C) groups is 1. The summed E-state index contributed by atoms with van der Waals surface area (Å²) in [5, 5.41) is 3.17. The standard InChI is InChI=1S/C14H23ClN4S.HI/c1-2-19-9-3-4-11(19)10-18-14(16)17-8-7-12-5-6-13(15)20-12;/h5-6,11H,2-4,7-10H2,1H3,(H3,16,17,18);1H. The van der Waals surface area contributed by atoms with Crippen molar-refractivity contribution in [3.63, 3.8) is 0 Å². The first-order valence-electron chi connectivity index (χ1n) is 7.21. The number of likely N-dealkylation sites (tertiary alicyclic amines) is 1. The van der Waals surface area contributed by atoms with Gasteiger partial charge in [-0.05, 0) is 44.5 Å². The Balaban J connectivity index is 0.00000220. The van der Waals surface area contributed by atoms with Crippen molar-refractivity contribution in [3.05, 3.63) is 21.3 Å². The van der Waals surface area contributed by atoms with E-state index in [0.717, 1.165) is 30.4 Å². The lowest BCUT2D eigenvalue weighted by Crippen LogP contribution is -2.36. The molecule has 7 heteroatoms. The lowest BCUT2D eigenvalue weighted by atomic mass is 10.2. The molecule has 0 aliphatic carbocycles. The van der Waals surface area contributed by atoms with E-state index < -0.39 is 0 Å². The summed E-state index contributed by atoms with van der Waals surface area (Å²) < 4.78 is 0.836. The van der Waals surface area contributed by atoms with Crippen LogP contribution in [0.5, 0.6) is 0 Å². The Morgan fingerprint density at radius 3 is 3.05 bits per heavy atom. The van der Waals surface area contributed by atoms with Gasteiger partial charge in [0.05, 0.1) is 10.9 Å². The molecule has 1 aliphatic heterocycles. The minimum absolute atomic E-state index is 0. The van der Waals surface area contributed by atoms with E-state index in [9.17, 15) is 0 Å². The fourth-order valence-corrected chi connectivity index (χ4v) is 3.66. The Bertz CT molecular complexity index is 452. The summed E-state index contributed by atoms with van der Waals surface area (Å²) in [6, 6.07) is 4.55. The second-order valence-electron chi connectivity index (χ2n) is 5.03. The van der Waals surface area contributed by atoms with Crippen LogP contribution in [0.3, 0.4) is 0 Å². The van der Waals surface area contributed by atoms with Crippen LogP contribution in [0.2, 0.25) is 4.34 Å². The van der Waals surface area contributed by atoms with Crippen molar-refractivity contribution in [2.45, 2.75) is 32.2 Å². The Hall–Kier alpha value is -0.0500. The highest BCUT2D eigenvalue weighted by Crippen LogP contribution is 2.21. The van der Waals surface area contributed by atoms with Gasteiger partial charge in [-0.2, -0.15) is 0 Å². The Kier molecular flexibility index (Phi) is 8.92. The normalized spacial score (nSPS) is 19.5. The van der Waals surface area contributed by atoms with Crippen molar-refractivity contribution in [1.82, 2.24) is 10.2 Å². The number of likely N-dealkylation sites (N-methyl/N-ethyl adjacent to an activating group) is 1. The number of guanidine groups is 1. The molecule has 1 fully saturated rings. The summed E-state index contributed by atoms with van der Waals surface area (Å²) in [5.41, 5.74) is 5.91. The largest absolute Gasteiger partial charge is 0.370 e. The first-order valence-corrected chi connectivity index (χ1v) is 8.40. The average Bonchev–Trinajstić information content (AvgIpc) is 3.05. The third-order valence-electron chi connectivity index (χ3n) is 3.68. The van der Waals surface area contributed by atoms with Crippen molar-refractivity contribution in [1.29, 1.82) is 0 Å². The van der Waals surface area contributed by atoms with Crippen LogP contribution in [0, 0.1) is 0 Å². The number of halogens is 2. The van der Waals surface area contributed by atoms with Crippen molar-refractivity contribution in [3.8, 4) is 0 Å². The summed E-state index contributed by atoms with van der Waals surface area (Å²) >= 11 is 7.51. The average molecular weight is 443 g/mol. The van der Waals surface area contributed by atoms with E-state index >= 15 is 0 Å². The predicted octanol–water partition coefficient (Wildman–Crippen LogP) is 2.95. The number of nitrogens with two attached hydrogens (primary N) is 1. The van der Waals surface area contributed by atoms with Gasteiger partial charge in [-0.3, -0.25) is 9.89 Å². The van der Waals surface area contributed by atoms with Crippen LogP contribution in [-0.2, 0) is 6.42 Å². The Morgan fingerprint density at radius 1 is 1.57 bits per heavy atom. The van der Waals surface area contributed by atoms with E-state index in [0.29, 0.717) is 12.0 Å².